The second kappa shape index (κ2) is 9.89. The van der Waals surface area contributed by atoms with Crippen molar-refractivity contribution in [3.05, 3.63) is 54.1 Å². The molecule has 1 heterocycles. The molecule has 3 amide bonds. The molecular weight excluding hydrogens is 386 g/mol. The van der Waals surface area contributed by atoms with Gasteiger partial charge in [0.1, 0.15) is 5.75 Å². The van der Waals surface area contributed by atoms with Gasteiger partial charge in [0.15, 0.2) is 6.10 Å². The molecule has 30 heavy (non-hydrogen) atoms. The fourth-order valence-corrected chi connectivity index (χ4v) is 3.17. The Balaban J connectivity index is 1.64. The molecular formula is C22H25N3O5. The van der Waals surface area contributed by atoms with E-state index in [1.54, 1.807) is 55.3 Å². The third-order valence-electron chi connectivity index (χ3n) is 4.67. The van der Waals surface area contributed by atoms with Crippen LogP contribution in [0.25, 0.3) is 0 Å². The van der Waals surface area contributed by atoms with Crippen molar-refractivity contribution in [3.8, 4) is 5.75 Å². The number of rotatable bonds is 8. The molecule has 158 valence electrons. The number of anilines is 2. The predicted molar refractivity (Wildman–Crippen MR) is 113 cm³/mol. The van der Waals surface area contributed by atoms with Crippen molar-refractivity contribution >= 4 is 29.1 Å². The molecule has 2 N–H and O–H groups in total. The summed E-state index contributed by atoms with van der Waals surface area (Å²) in [5.41, 5.74) is 1.43. The molecule has 0 saturated heterocycles. The summed E-state index contributed by atoms with van der Waals surface area (Å²) in [5.74, 6) is -0.173. The van der Waals surface area contributed by atoms with Crippen molar-refractivity contribution < 1.29 is 23.9 Å². The first-order valence-corrected chi connectivity index (χ1v) is 9.74. The zero-order valence-corrected chi connectivity index (χ0v) is 17.0. The molecule has 3 rings (SSSR count). The molecule has 0 spiro atoms. The summed E-state index contributed by atoms with van der Waals surface area (Å²) in [6.45, 7) is 2.66. The van der Waals surface area contributed by atoms with Crippen LogP contribution >= 0.6 is 0 Å². The quantitative estimate of drug-likeness (QED) is 0.649. The highest BCUT2D eigenvalue weighted by atomic mass is 16.5. The lowest BCUT2D eigenvalue weighted by Gasteiger charge is -2.32. The number of hydrogen-bond donors (Lipinski definition) is 2. The molecule has 1 aliphatic heterocycles. The van der Waals surface area contributed by atoms with Gasteiger partial charge in [0, 0.05) is 26.6 Å². The van der Waals surface area contributed by atoms with Crippen molar-refractivity contribution in [3.63, 3.8) is 0 Å². The molecule has 2 aromatic carbocycles. The fourth-order valence-electron chi connectivity index (χ4n) is 3.17. The number of carbonyl (C=O) groups is 3. The number of methoxy groups -OCH3 is 1. The number of fused-ring (bicyclic) bond motifs is 1. The minimum atomic E-state index is -0.612. The van der Waals surface area contributed by atoms with E-state index in [0.717, 1.165) is 0 Å². The zero-order valence-electron chi connectivity index (χ0n) is 17.0. The SMILES string of the molecule is COCCNC(=O)c1ccccc1NC(=O)CCN1C(=O)[C@H](C)Oc2ccccc21. The summed E-state index contributed by atoms with van der Waals surface area (Å²) in [5, 5.41) is 5.51. The van der Waals surface area contributed by atoms with E-state index in [-0.39, 0.29) is 30.7 Å². The van der Waals surface area contributed by atoms with Crippen molar-refractivity contribution in [2.45, 2.75) is 19.4 Å². The van der Waals surface area contributed by atoms with Gasteiger partial charge in [-0.15, -0.1) is 0 Å². The third-order valence-corrected chi connectivity index (χ3v) is 4.67. The summed E-state index contributed by atoms with van der Waals surface area (Å²) in [4.78, 5) is 39.0. The highest BCUT2D eigenvalue weighted by Gasteiger charge is 2.31. The van der Waals surface area contributed by atoms with Crippen molar-refractivity contribution in [1.82, 2.24) is 5.32 Å². The van der Waals surface area contributed by atoms with Crippen LogP contribution in [0.1, 0.15) is 23.7 Å². The Morgan fingerprint density at radius 3 is 2.67 bits per heavy atom. The summed E-state index contributed by atoms with van der Waals surface area (Å²) in [7, 11) is 1.55. The highest BCUT2D eigenvalue weighted by Crippen LogP contribution is 2.33. The number of amides is 3. The number of nitrogens with one attached hydrogen (secondary N) is 2. The van der Waals surface area contributed by atoms with Crippen LogP contribution in [0.15, 0.2) is 48.5 Å². The van der Waals surface area contributed by atoms with Gasteiger partial charge in [-0.05, 0) is 31.2 Å². The van der Waals surface area contributed by atoms with Gasteiger partial charge >= 0.3 is 0 Å². The topological polar surface area (TPSA) is 97.0 Å². The van der Waals surface area contributed by atoms with Gasteiger partial charge in [-0.1, -0.05) is 24.3 Å². The Hall–Kier alpha value is -3.39. The first kappa shape index (κ1) is 21.3. The van der Waals surface area contributed by atoms with E-state index in [4.69, 9.17) is 9.47 Å². The van der Waals surface area contributed by atoms with Gasteiger partial charge < -0.3 is 25.0 Å². The predicted octanol–water partition coefficient (Wildman–Crippen LogP) is 2.21. The Morgan fingerprint density at radius 1 is 1.13 bits per heavy atom. The number of nitrogens with zero attached hydrogens (tertiary/aromatic N) is 1. The average Bonchev–Trinajstić information content (AvgIpc) is 2.74. The fraction of sp³-hybridized carbons (Fsp3) is 0.318. The largest absolute Gasteiger partial charge is 0.479 e. The van der Waals surface area contributed by atoms with E-state index < -0.39 is 6.10 Å². The summed E-state index contributed by atoms with van der Waals surface area (Å²) in [6.07, 6.45) is -0.536. The van der Waals surface area contributed by atoms with Gasteiger partial charge in [0.25, 0.3) is 11.8 Å². The third kappa shape index (κ3) is 4.96. The van der Waals surface area contributed by atoms with Crippen LogP contribution in [-0.2, 0) is 14.3 Å². The van der Waals surface area contributed by atoms with E-state index in [1.165, 1.54) is 0 Å². The van der Waals surface area contributed by atoms with Gasteiger partial charge in [-0.2, -0.15) is 0 Å². The second-order valence-corrected chi connectivity index (χ2v) is 6.81. The molecule has 0 aliphatic carbocycles. The van der Waals surface area contributed by atoms with E-state index in [0.29, 0.717) is 35.8 Å². The standard InChI is InChI=1S/C22H25N3O5/c1-15-22(28)25(18-9-5-6-10-19(18)30-15)13-11-20(26)24-17-8-4-3-7-16(17)21(27)23-12-14-29-2/h3-10,15H,11-14H2,1-2H3,(H,23,27)(H,24,26)/t15-/m0/s1. The first-order valence-electron chi connectivity index (χ1n) is 9.74. The molecule has 1 atom stereocenters. The van der Waals surface area contributed by atoms with E-state index in [2.05, 4.69) is 10.6 Å². The Labute approximate surface area is 175 Å². The number of carbonyl (C=O) groups excluding carboxylic acids is 3. The van der Waals surface area contributed by atoms with Gasteiger partial charge in [0.2, 0.25) is 5.91 Å². The van der Waals surface area contributed by atoms with E-state index in [1.807, 2.05) is 12.1 Å². The lowest BCUT2D eigenvalue weighted by Crippen LogP contribution is -2.45. The maximum absolute atomic E-state index is 12.6. The van der Waals surface area contributed by atoms with Crippen molar-refractivity contribution in [2.75, 3.05) is 37.0 Å². The minimum absolute atomic E-state index is 0.0758. The maximum atomic E-state index is 12.6. The molecule has 0 saturated carbocycles. The van der Waals surface area contributed by atoms with Crippen molar-refractivity contribution in [2.24, 2.45) is 0 Å². The molecule has 0 fully saturated rings. The molecule has 1 aliphatic rings. The van der Waals surface area contributed by atoms with Crippen LogP contribution in [-0.4, -0.2) is 50.6 Å². The Kier molecular flexibility index (Phi) is 7.03. The number of ether oxygens (including phenoxy) is 2. The van der Waals surface area contributed by atoms with Crippen molar-refractivity contribution in [1.29, 1.82) is 0 Å². The van der Waals surface area contributed by atoms with Crippen LogP contribution in [0.5, 0.6) is 5.75 Å². The van der Waals surface area contributed by atoms with E-state index >= 15 is 0 Å². The zero-order chi connectivity index (χ0) is 21.5. The molecule has 8 heteroatoms. The van der Waals surface area contributed by atoms with Crippen LogP contribution in [0, 0.1) is 0 Å². The second-order valence-electron chi connectivity index (χ2n) is 6.81. The van der Waals surface area contributed by atoms with Gasteiger partial charge in [-0.25, -0.2) is 0 Å². The normalized spacial score (nSPS) is 15.2. The molecule has 8 nitrogen and oxygen atoms in total. The first-order chi connectivity index (χ1) is 14.5. The summed E-state index contributed by atoms with van der Waals surface area (Å²) < 4.78 is 10.5. The monoisotopic (exact) mass is 411 g/mol. The van der Waals surface area contributed by atoms with Crippen LogP contribution < -0.4 is 20.3 Å². The smallest absolute Gasteiger partial charge is 0.267 e. The van der Waals surface area contributed by atoms with Gasteiger partial charge in [0.05, 0.1) is 23.5 Å². The Morgan fingerprint density at radius 2 is 1.87 bits per heavy atom. The Bertz CT molecular complexity index is 930. The van der Waals surface area contributed by atoms with Crippen LogP contribution in [0.4, 0.5) is 11.4 Å². The molecule has 2 aromatic rings. The average molecular weight is 411 g/mol. The molecule has 0 radical (unpaired) electrons. The van der Waals surface area contributed by atoms with Crippen LogP contribution in [0.2, 0.25) is 0 Å². The van der Waals surface area contributed by atoms with E-state index in [9.17, 15) is 14.4 Å². The maximum Gasteiger partial charge on any atom is 0.267 e. The summed E-state index contributed by atoms with van der Waals surface area (Å²) in [6, 6.07) is 14.0. The number of hydrogen-bond acceptors (Lipinski definition) is 5. The molecule has 0 aromatic heterocycles. The summed E-state index contributed by atoms with van der Waals surface area (Å²) >= 11 is 0. The van der Waals surface area contributed by atoms with Gasteiger partial charge in [-0.3, -0.25) is 14.4 Å². The highest BCUT2D eigenvalue weighted by molar-refractivity contribution is 6.04. The lowest BCUT2D eigenvalue weighted by atomic mass is 10.1. The minimum Gasteiger partial charge on any atom is -0.479 e. The number of para-hydroxylation sites is 3. The van der Waals surface area contributed by atoms with Crippen LogP contribution in [0.3, 0.4) is 0 Å². The lowest BCUT2D eigenvalue weighted by molar-refractivity contribution is -0.125. The number of benzene rings is 2. The molecule has 0 bridgehead atoms. The molecule has 0 unspecified atom stereocenters.